The van der Waals surface area contributed by atoms with Gasteiger partial charge < -0.3 is 0 Å². The van der Waals surface area contributed by atoms with Crippen LogP contribution in [-0.2, 0) is 12.8 Å². The smallest absolute Gasteiger partial charge is 0.168 e. The fourth-order valence-corrected chi connectivity index (χ4v) is 7.67. The van der Waals surface area contributed by atoms with E-state index in [1.165, 1.54) is 49.7 Å². The maximum absolute atomic E-state index is 5.09. The van der Waals surface area contributed by atoms with E-state index >= 15 is 0 Å². The number of pyridine rings is 1. The third-order valence-electron chi connectivity index (χ3n) is 10.0. The summed E-state index contributed by atoms with van der Waals surface area (Å²) in [6.45, 7) is 0. The number of hydrogen-bond donors (Lipinski definition) is 0. The number of aromatic nitrogens is 4. The van der Waals surface area contributed by atoms with Crippen LogP contribution in [0.3, 0.4) is 0 Å². The molecule has 4 heteroatoms. The van der Waals surface area contributed by atoms with Crippen LogP contribution in [-0.4, -0.2) is 19.7 Å². The molecule has 0 unspecified atom stereocenters. The normalized spacial score (nSPS) is 13.4. The average Bonchev–Trinajstić information content (AvgIpc) is 3.63. The second-order valence-corrected chi connectivity index (χ2v) is 12.8. The largest absolute Gasteiger partial charge is 0.275 e. The Labute approximate surface area is 284 Å². The van der Waals surface area contributed by atoms with Crippen LogP contribution in [0.15, 0.2) is 158 Å². The van der Waals surface area contributed by atoms with Gasteiger partial charge in [-0.2, -0.15) is 0 Å². The molecule has 0 radical (unpaired) electrons. The highest BCUT2D eigenvalue weighted by molar-refractivity contribution is 6.09. The summed E-state index contributed by atoms with van der Waals surface area (Å²) in [5.74, 6) is 1.64. The predicted octanol–water partition coefficient (Wildman–Crippen LogP) is 10.3. The Kier molecular flexibility index (Phi) is 6.28. The Morgan fingerprint density at radius 2 is 1.02 bits per heavy atom. The van der Waals surface area contributed by atoms with E-state index in [9.17, 15) is 0 Å². The lowest BCUT2D eigenvalue weighted by molar-refractivity contribution is 1.07. The maximum Gasteiger partial charge on any atom is 0.168 e. The molecule has 230 valence electrons. The Bertz CT molecular complexity index is 2570. The zero-order chi connectivity index (χ0) is 32.3. The van der Waals surface area contributed by atoms with Gasteiger partial charge in [-0.05, 0) is 81.3 Å². The van der Waals surface area contributed by atoms with Crippen molar-refractivity contribution in [1.82, 2.24) is 19.7 Å². The Hall–Kier alpha value is -6.39. The summed E-state index contributed by atoms with van der Waals surface area (Å²) < 4.78 is 2.17. The molecule has 2 aliphatic rings. The summed E-state index contributed by atoms with van der Waals surface area (Å²) >= 11 is 0. The van der Waals surface area contributed by atoms with Gasteiger partial charge in [-0.15, -0.1) is 10.2 Å². The van der Waals surface area contributed by atoms with Crippen molar-refractivity contribution in [2.24, 2.45) is 0 Å². The van der Waals surface area contributed by atoms with Gasteiger partial charge >= 0.3 is 0 Å². The van der Waals surface area contributed by atoms with E-state index in [0.29, 0.717) is 0 Å². The Morgan fingerprint density at radius 3 is 1.67 bits per heavy atom. The topological polar surface area (TPSA) is 43.6 Å². The number of fused-ring (bicyclic) bond motifs is 1. The molecule has 0 fully saturated rings. The summed E-state index contributed by atoms with van der Waals surface area (Å²) in [4.78, 5) is 5.09. The third kappa shape index (κ3) is 4.49. The highest BCUT2D eigenvalue weighted by Crippen LogP contribution is 2.44. The molecule has 0 spiro atoms. The van der Waals surface area contributed by atoms with Crippen LogP contribution in [0.25, 0.3) is 61.3 Å². The molecule has 0 saturated heterocycles. The van der Waals surface area contributed by atoms with E-state index < -0.39 is 0 Å². The average molecular weight is 627 g/mol. The van der Waals surface area contributed by atoms with E-state index in [1.54, 1.807) is 0 Å². The molecule has 2 heterocycles. The van der Waals surface area contributed by atoms with Gasteiger partial charge in [0.1, 0.15) is 0 Å². The number of allylic oxidation sites excluding steroid dienone is 2. The first-order valence-corrected chi connectivity index (χ1v) is 16.8. The lowest BCUT2D eigenvalue weighted by atomic mass is 9.78. The summed E-state index contributed by atoms with van der Waals surface area (Å²) in [5, 5.41) is 13.2. The molecule has 0 bridgehead atoms. The van der Waals surface area contributed by atoms with Crippen LogP contribution in [0.4, 0.5) is 0 Å². The predicted molar refractivity (Wildman–Crippen MR) is 199 cm³/mol. The van der Waals surface area contributed by atoms with Crippen LogP contribution in [0.2, 0.25) is 0 Å². The number of para-hydroxylation sites is 1. The van der Waals surface area contributed by atoms with Gasteiger partial charge in [0, 0.05) is 27.8 Å². The van der Waals surface area contributed by atoms with E-state index in [-0.39, 0.29) is 0 Å². The van der Waals surface area contributed by atoms with Crippen LogP contribution >= 0.6 is 0 Å². The zero-order valence-electron chi connectivity index (χ0n) is 26.7. The lowest BCUT2D eigenvalue weighted by Crippen LogP contribution is -2.07. The first kappa shape index (κ1) is 27.7. The van der Waals surface area contributed by atoms with Crippen LogP contribution in [0.5, 0.6) is 0 Å². The molecule has 0 aliphatic heterocycles. The second-order valence-electron chi connectivity index (χ2n) is 12.8. The van der Waals surface area contributed by atoms with E-state index in [4.69, 9.17) is 4.98 Å². The van der Waals surface area contributed by atoms with Gasteiger partial charge in [-0.1, -0.05) is 133 Å². The van der Waals surface area contributed by atoms with Crippen molar-refractivity contribution in [1.29, 1.82) is 0 Å². The van der Waals surface area contributed by atoms with E-state index in [0.717, 1.165) is 57.9 Å². The SMILES string of the molecule is C1=C(c2ccc(-n3c(-c4ccccc4)nnc3-c3ccccc3)cc2)c2ccc3c4c(ccc(c24)C1)C(c1ccc2ccccc2n1)=CC3. The monoisotopic (exact) mass is 626 g/mol. The minimum atomic E-state index is 0.821. The minimum Gasteiger partial charge on any atom is -0.275 e. The standard InChI is InChI=1S/C45H30N4/c1-3-10-33(11-4-1)44-47-48-45(34-12-5-2-6-13-34)49(44)35-22-15-29(16-23-35)36-24-17-31-20-27-39-37(25-18-32-19-26-38(36)42(31)43(32)39)41-28-21-30-9-7-8-14-40(30)46-41/h1-16,19-28H,17-18H2. The summed E-state index contributed by atoms with van der Waals surface area (Å²) in [7, 11) is 0. The molecule has 10 rings (SSSR count). The van der Waals surface area contributed by atoms with Gasteiger partial charge in [-0.25, -0.2) is 4.98 Å². The fourth-order valence-electron chi connectivity index (χ4n) is 7.67. The van der Waals surface area contributed by atoms with Crippen LogP contribution in [0.1, 0.15) is 33.5 Å². The summed E-state index contributed by atoms with van der Waals surface area (Å²) in [5.41, 5.74) is 14.2. The second kappa shape index (κ2) is 11.1. The van der Waals surface area contributed by atoms with Crippen molar-refractivity contribution in [3.05, 3.63) is 191 Å². The van der Waals surface area contributed by atoms with Crippen molar-refractivity contribution < 1.29 is 0 Å². The summed E-state index contributed by atoms with van der Waals surface area (Å²) in [6, 6.07) is 51.5. The van der Waals surface area contributed by atoms with Gasteiger partial charge in [0.25, 0.3) is 0 Å². The molecule has 2 aliphatic carbocycles. The molecule has 4 nitrogen and oxygen atoms in total. The minimum absolute atomic E-state index is 0.821. The zero-order valence-corrected chi connectivity index (χ0v) is 26.7. The van der Waals surface area contributed by atoms with E-state index in [1.807, 2.05) is 36.4 Å². The molecule has 0 atom stereocenters. The molecule has 8 aromatic rings. The van der Waals surface area contributed by atoms with Crippen molar-refractivity contribution in [2.75, 3.05) is 0 Å². The Balaban J connectivity index is 1.06. The number of nitrogens with zero attached hydrogens (tertiary/aromatic N) is 4. The molecule has 0 N–H and O–H groups in total. The molecule has 0 amide bonds. The van der Waals surface area contributed by atoms with Crippen molar-refractivity contribution in [2.45, 2.75) is 12.8 Å². The first-order valence-electron chi connectivity index (χ1n) is 16.8. The Morgan fingerprint density at radius 1 is 0.449 bits per heavy atom. The molecule has 49 heavy (non-hydrogen) atoms. The van der Waals surface area contributed by atoms with Gasteiger partial charge in [0.05, 0.1) is 11.2 Å². The highest BCUT2D eigenvalue weighted by atomic mass is 15.3. The molecule has 2 aromatic heterocycles. The van der Waals surface area contributed by atoms with Gasteiger partial charge in [0.2, 0.25) is 0 Å². The highest BCUT2D eigenvalue weighted by Gasteiger charge is 2.25. The molecular weight excluding hydrogens is 597 g/mol. The number of hydrogen-bond acceptors (Lipinski definition) is 3. The maximum atomic E-state index is 5.09. The fraction of sp³-hybridized carbons (Fsp3) is 0.0444. The number of benzene rings is 6. The van der Waals surface area contributed by atoms with Gasteiger partial charge in [0.15, 0.2) is 11.6 Å². The van der Waals surface area contributed by atoms with Crippen LogP contribution < -0.4 is 0 Å². The molecule has 6 aromatic carbocycles. The molecule has 0 saturated carbocycles. The lowest BCUT2D eigenvalue weighted by Gasteiger charge is -2.26. The van der Waals surface area contributed by atoms with Crippen molar-refractivity contribution in [3.63, 3.8) is 0 Å². The van der Waals surface area contributed by atoms with E-state index in [2.05, 4.69) is 136 Å². The number of rotatable bonds is 5. The van der Waals surface area contributed by atoms with Crippen LogP contribution in [0, 0.1) is 0 Å². The third-order valence-corrected chi connectivity index (χ3v) is 10.0. The van der Waals surface area contributed by atoms with Crippen molar-refractivity contribution in [3.8, 4) is 28.5 Å². The van der Waals surface area contributed by atoms with Crippen molar-refractivity contribution >= 4 is 32.8 Å². The quantitative estimate of drug-likeness (QED) is 0.191. The first-order chi connectivity index (χ1) is 24.3. The molecular formula is C45H30N4. The van der Waals surface area contributed by atoms with Gasteiger partial charge in [-0.3, -0.25) is 4.57 Å². The summed E-state index contributed by atoms with van der Waals surface area (Å²) in [6.07, 6.45) is 6.55.